The molecule has 0 fully saturated rings. The van der Waals surface area contributed by atoms with Crippen LogP contribution in [0.1, 0.15) is 26.2 Å². The average Bonchev–Trinajstić information content (AvgIpc) is 1.82. The topological polar surface area (TPSA) is 38.0 Å². The monoisotopic (exact) mass is 164 g/mol. The zero-order valence-corrected chi connectivity index (χ0v) is 6.88. The van der Waals surface area contributed by atoms with Gasteiger partial charge in [0.05, 0.1) is 0 Å². The second kappa shape index (κ2) is 5.41. The van der Waals surface area contributed by atoms with Crippen molar-refractivity contribution in [2.45, 2.75) is 32.5 Å². The lowest BCUT2D eigenvalue weighted by Gasteiger charge is -2.08. The van der Waals surface area contributed by atoms with Gasteiger partial charge in [0.2, 0.25) is 0 Å². The van der Waals surface area contributed by atoms with Crippen LogP contribution in [0.3, 0.4) is 0 Å². The van der Waals surface area contributed by atoms with Gasteiger partial charge < -0.3 is 11.1 Å². The Balaban J connectivity index is 3.25. The Hall–Kier alpha value is -0.380. The van der Waals surface area contributed by atoms with Crippen molar-refractivity contribution in [3.05, 3.63) is 0 Å². The van der Waals surface area contributed by atoms with Crippen molar-refractivity contribution in [3.63, 3.8) is 0 Å². The minimum atomic E-state index is -1.07. The van der Waals surface area contributed by atoms with Crippen molar-refractivity contribution >= 4 is 17.3 Å². The number of rotatable bonds is 4. The standard InChI is InChI=1S/C6H13FN2S/c1-2-3-4-5(7)9-6(8)10/h5H,2-4H2,1H3,(H3,8,9,10). The van der Waals surface area contributed by atoms with Crippen molar-refractivity contribution in [1.82, 2.24) is 5.32 Å². The van der Waals surface area contributed by atoms with E-state index in [2.05, 4.69) is 17.5 Å². The number of halogens is 1. The first-order chi connectivity index (χ1) is 4.66. The van der Waals surface area contributed by atoms with Gasteiger partial charge in [-0.15, -0.1) is 0 Å². The Morgan fingerprint density at radius 2 is 2.40 bits per heavy atom. The molecule has 0 saturated heterocycles. The summed E-state index contributed by atoms with van der Waals surface area (Å²) in [5.74, 6) is 0. The maximum atomic E-state index is 12.6. The largest absolute Gasteiger partial charge is 0.376 e. The lowest BCUT2D eigenvalue weighted by atomic mass is 10.2. The third kappa shape index (κ3) is 5.75. The van der Waals surface area contributed by atoms with Gasteiger partial charge in [0.25, 0.3) is 0 Å². The van der Waals surface area contributed by atoms with Crippen LogP contribution in [0, 0.1) is 0 Å². The van der Waals surface area contributed by atoms with E-state index in [0.717, 1.165) is 12.8 Å². The molecule has 60 valence electrons. The van der Waals surface area contributed by atoms with Crippen molar-refractivity contribution in [2.24, 2.45) is 5.73 Å². The van der Waals surface area contributed by atoms with Crippen LogP contribution in [-0.4, -0.2) is 11.4 Å². The van der Waals surface area contributed by atoms with Crippen LogP contribution in [-0.2, 0) is 0 Å². The van der Waals surface area contributed by atoms with Crippen LogP contribution in [0.5, 0.6) is 0 Å². The van der Waals surface area contributed by atoms with Gasteiger partial charge in [-0.1, -0.05) is 13.3 Å². The summed E-state index contributed by atoms with van der Waals surface area (Å²) in [4.78, 5) is 0. The highest BCUT2D eigenvalue weighted by molar-refractivity contribution is 7.80. The molecule has 0 aromatic rings. The number of unbranched alkanes of at least 4 members (excludes halogenated alkanes) is 1. The van der Waals surface area contributed by atoms with Gasteiger partial charge >= 0.3 is 0 Å². The molecular formula is C6H13FN2S. The fourth-order valence-corrected chi connectivity index (χ4v) is 0.738. The van der Waals surface area contributed by atoms with Crippen molar-refractivity contribution in [1.29, 1.82) is 0 Å². The second-order valence-electron chi connectivity index (χ2n) is 2.12. The maximum absolute atomic E-state index is 12.6. The van der Waals surface area contributed by atoms with Crippen LogP contribution in [0.15, 0.2) is 0 Å². The summed E-state index contributed by atoms with van der Waals surface area (Å²) >= 11 is 4.45. The van der Waals surface area contributed by atoms with Gasteiger partial charge in [-0.3, -0.25) is 0 Å². The summed E-state index contributed by atoms with van der Waals surface area (Å²) in [5.41, 5.74) is 5.05. The molecule has 0 aromatic heterocycles. The quantitative estimate of drug-likeness (QED) is 0.486. The zero-order chi connectivity index (χ0) is 7.98. The highest BCUT2D eigenvalue weighted by Gasteiger charge is 2.03. The van der Waals surface area contributed by atoms with Crippen LogP contribution >= 0.6 is 12.2 Å². The number of alkyl halides is 1. The lowest BCUT2D eigenvalue weighted by Crippen LogP contribution is -2.35. The summed E-state index contributed by atoms with van der Waals surface area (Å²) in [6.07, 6.45) is 1.25. The molecule has 10 heavy (non-hydrogen) atoms. The number of nitrogens with two attached hydrogens (primary N) is 1. The van der Waals surface area contributed by atoms with Gasteiger partial charge in [-0.25, -0.2) is 4.39 Å². The first kappa shape index (κ1) is 9.62. The Bertz CT molecular complexity index is 108. The smallest absolute Gasteiger partial charge is 0.171 e. The molecule has 0 amide bonds. The molecule has 3 N–H and O–H groups in total. The van der Waals surface area contributed by atoms with Crippen LogP contribution in [0.4, 0.5) is 4.39 Å². The molecule has 0 aliphatic carbocycles. The molecule has 0 spiro atoms. The predicted octanol–water partition coefficient (Wildman–Crippen LogP) is 1.31. The third-order valence-corrected chi connectivity index (χ3v) is 1.23. The number of hydrogen-bond acceptors (Lipinski definition) is 1. The van der Waals surface area contributed by atoms with E-state index in [0.29, 0.717) is 6.42 Å². The first-order valence-corrected chi connectivity index (χ1v) is 3.77. The highest BCUT2D eigenvalue weighted by atomic mass is 32.1. The van der Waals surface area contributed by atoms with Crippen LogP contribution in [0.2, 0.25) is 0 Å². The van der Waals surface area contributed by atoms with E-state index in [9.17, 15) is 4.39 Å². The van der Waals surface area contributed by atoms with E-state index in [1.165, 1.54) is 0 Å². The summed E-state index contributed by atoms with van der Waals surface area (Å²) in [6.45, 7) is 2.01. The summed E-state index contributed by atoms with van der Waals surface area (Å²) in [5, 5.41) is 2.35. The Morgan fingerprint density at radius 1 is 1.80 bits per heavy atom. The molecule has 1 atom stereocenters. The number of nitrogens with one attached hydrogen (secondary N) is 1. The minimum absolute atomic E-state index is 0.0311. The maximum Gasteiger partial charge on any atom is 0.171 e. The van der Waals surface area contributed by atoms with Gasteiger partial charge in [0.1, 0.15) is 0 Å². The van der Waals surface area contributed by atoms with Crippen molar-refractivity contribution in [3.8, 4) is 0 Å². The molecule has 0 rings (SSSR count). The average molecular weight is 164 g/mol. The SMILES string of the molecule is CCCCC(F)NC(N)=S. The van der Waals surface area contributed by atoms with Crippen molar-refractivity contribution < 1.29 is 4.39 Å². The van der Waals surface area contributed by atoms with Gasteiger partial charge in [-0.05, 0) is 25.1 Å². The zero-order valence-electron chi connectivity index (χ0n) is 6.06. The van der Waals surface area contributed by atoms with Crippen molar-refractivity contribution in [2.75, 3.05) is 0 Å². The molecule has 0 saturated carbocycles. The fourth-order valence-electron chi connectivity index (χ4n) is 0.610. The van der Waals surface area contributed by atoms with Gasteiger partial charge in [-0.2, -0.15) is 0 Å². The number of hydrogen-bond donors (Lipinski definition) is 2. The number of thiocarbonyl (C=S) groups is 1. The molecular weight excluding hydrogens is 151 g/mol. The van der Waals surface area contributed by atoms with E-state index in [4.69, 9.17) is 5.73 Å². The summed E-state index contributed by atoms with van der Waals surface area (Å²) < 4.78 is 12.6. The van der Waals surface area contributed by atoms with Gasteiger partial charge in [0.15, 0.2) is 11.4 Å². The van der Waals surface area contributed by atoms with E-state index in [1.807, 2.05) is 6.92 Å². The Kier molecular flexibility index (Phi) is 5.20. The van der Waals surface area contributed by atoms with E-state index in [-0.39, 0.29) is 5.11 Å². The highest BCUT2D eigenvalue weighted by Crippen LogP contribution is 2.00. The second-order valence-corrected chi connectivity index (χ2v) is 2.56. The molecule has 0 bridgehead atoms. The molecule has 0 aromatic carbocycles. The molecule has 4 heteroatoms. The summed E-state index contributed by atoms with van der Waals surface area (Å²) in [6, 6.07) is 0. The normalized spacial score (nSPS) is 12.6. The molecule has 0 radical (unpaired) electrons. The lowest BCUT2D eigenvalue weighted by molar-refractivity contribution is 0.287. The third-order valence-electron chi connectivity index (χ3n) is 1.11. The van der Waals surface area contributed by atoms with Gasteiger partial charge in [0, 0.05) is 0 Å². The van der Waals surface area contributed by atoms with E-state index in [1.54, 1.807) is 0 Å². The van der Waals surface area contributed by atoms with E-state index < -0.39 is 6.30 Å². The summed E-state index contributed by atoms with van der Waals surface area (Å²) in [7, 11) is 0. The molecule has 1 unspecified atom stereocenters. The Labute approximate surface area is 66.0 Å². The van der Waals surface area contributed by atoms with Crippen LogP contribution in [0.25, 0.3) is 0 Å². The Morgan fingerprint density at radius 3 is 2.80 bits per heavy atom. The molecule has 0 aliphatic heterocycles. The molecule has 2 nitrogen and oxygen atoms in total. The first-order valence-electron chi connectivity index (χ1n) is 3.37. The fraction of sp³-hybridized carbons (Fsp3) is 0.833. The predicted molar refractivity (Wildman–Crippen MR) is 44.3 cm³/mol. The van der Waals surface area contributed by atoms with E-state index >= 15 is 0 Å². The molecule has 0 heterocycles. The molecule has 0 aliphatic rings. The van der Waals surface area contributed by atoms with Crippen LogP contribution < -0.4 is 11.1 Å². The minimum Gasteiger partial charge on any atom is -0.376 e.